The number of rotatable bonds is 1. The summed E-state index contributed by atoms with van der Waals surface area (Å²) in [6, 6.07) is 3.49. The Morgan fingerprint density at radius 3 is 2.72 bits per heavy atom. The van der Waals surface area contributed by atoms with Crippen LogP contribution >= 0.6 is 0 Å². The van der Waals surface area contributed by atoms with Crippen LogP contribution in [0, 0.1) is 11.6 Å². The van der Waals surface area contributed by atoms with Crippen LogP contribution in [0.3, 0.4) is 0 Å². The molecule has 0 atom stereocenters. The van der Waals surface area contributed by atoms with Crippen LogP contribution in [0.4, 0.5) is 14.6 Å². The van der Waals surface area contributed by atoms with Gasteiger partial charge in [0.1, 0.15) is 17.3 Å². The van der Waals surface area contributed by atoms with E-state index in [9.17, 15) is 8.78 Å². The Balaban J connectivity index is 2.17. The first-order valence-corrected chi connectivity index (χ1v) is 5.98. The van der Waals surface area contributed by atoms with Gasteiger partial charge in [0.15, 0.2) is 5.82 Å². The van der Waals surface area contributed by atoms with Gasteiger partial charge in [-0.25, -0.2) is 13.5 Å². The van der Waals surface area contributed by atoms with Crippen LogP contribution in [0.5, 0.6) is 0 Å². The zero-order valence-electron chi connectivity index (χ0n) is 9.79. The molecule has 1 heterocycles. The van der Waals surface area contributed by atoms with Crippen LogP contribution in [0.1, 0.15) is 24.1 Å². The topological polar surface area (TPSA) is 43.8 Å². The highest BCUT2D eigenvalue weighted by molar-refractivity contribution is 5.48. The largest absolute Gasteiger partial charge is 0.382 e. The fourth-order valence-electron chi connectivity index (χ4n) is 2.48. The summed E-state index contributed by atoms with van der Waals surface area (Å²) in [5.41, 5.74) is 8.06. The third-order valence-electron chi connectivity index (χ3n) is 3.35. The van der Waals surface area contributed by atoms with E-state index in [1.54, 1.807) is 0 Å². The number of anilines is 1. The van der Waals surface area contributed by atoms with E-state index in [0.717, 1.165) is 43.0 Å². The van der Waals surface area contributed by atoms with Gasteiger partial charge in [-0.3, -0.25) is 0 Å². The van der Waals surface area contributed by atoms with Crippen LogP contribution < -0.4 is 5.73 Å². The standard InChI is InChI=1S/C13H13F2N3/c14-8-5-6-12(10(15)7-8)18-11-4-2-1-3-9(11)13(16)17-18/h5-7H,1-4H2,(H2,16,17). The fourth-order valence-corrected chi connectivity index (χ4v) is 2.48. The molecule has 0 spiro atoms. The summed E-state index contributed by atoms with van der Waals surface area (Å²) in [4.78, 5) is 0. The minimum atomic E-state index is -0.620. The zero-order chi connectivity index (χ0) is 12.7. The lowest BCUT2D eigenvalue weighted by atomic mass is 9.97. The van der Waals surface area contributed by atoms with Crippen molar-refractivity contribution in [1.82, 2.24) is 9.78 Å². The summed E-state index contributed by atoms with van der Waals surface area (Å²) >= 11 is 0. The van der Waals surface area contributed by atoms with Crippen molar-refractivity contribution in [2.75, 3.05) is 5.73 Å². The number of halogens is 2. The molecule has 1 aromatic carbocycles. The first-order chi connectivity index (χ1) is 8.66. The molecule has 2 N–H and O–H groups in total. The molecule has 0 saturated carbocycles. The van der Waals surface area contributed by atoms with Crippen molar-refractivity contribution in [1.29, 1.82) is 0 Å². The smallest absolute Gasteiger partial charge is 0.151 e. The predicted molar refractivity (Wildman–Crippen MR) is 64.5 cm³/mol. The second-order valence-electron chi connectivity index (χ2n) is 4.53. The number of hydrogen-bond acceptors (Lipinski definition) is 2. The molecule has 94 valence electrons. The Morgan fingerprint density at radius 2 is 1.94 bits per heavy atom. The van der Waals surface area contributed by atoms with E-state index in [1.807, 2.05) is 0 Å². The van der Waals surface area contributed by atoms with E-state index < -0.39 is 11.6 Å². The Bertz CT molecular complexity index is 605. The highest BCUT2D eigenvalue weighted by Gasteiger charge is 2.21. The van der Waals surface area contributed by atoms with Crippen LogP contribution in [-0.2, 0) is 12.8 Å². The van der Waals surface area contributed by atoms with E-state index in [-0.39, 0.29) is 5.69 Å². The summed E-state index contributed by atoms with van der Waals surface area (Å²) in [7, 11) is 0. The maximum Gasteiger partial charge on any atom is 0.151 e. The van der Waals surface area contributed by atoms with Gasteiger partial charge in [-0.1, -0.05) is 0 Å². The number of benzene rings is 1. The molecule has 18 heavy (non-hydrogen) atoms. The molecule has 3 rings (SSSR count). The number of aromatic nitrogens is 2. The van der Waals surface area contributed by atoms with Gasteiger partial charge in [0.2, 0.25) is 0 Å². The van der Waals surface area contributed by atoms with Gasteiger partial charge in [0.25, 0.3) is 0 Å². The summed E-state index contributed by atoms with van der Waals surface area (Å²) in [6.45, 7) is 0. The molecule has 5 heteroatoms. The van der Waals surface area contributed by atoms with Crippen LogP contribution in [-0.4, -0.2) is 9.78 Å². The molecule has 0 amide bonds. The lowest BCUT2D eigenvalue weighted by Gasteiger charge is -2.14. The average molecular weight is 249 g/mol. The lowest BCUT2D eigenvalue weighted by Crippen LogP contribution is -2.09. The van der Waals surface area contributed by atoms with Gasteiger partial charge in [0, 0.05) is 17.3 Å². The number of nitrogen functional groups attached to an aromatic ring is 1. The Morgan fingerprint density at radius 1 is 1.17 bits per heavy atom. The van der Waals surface area contributed by atoms with Crippen molar-refractivity contribution in [3.63, 3.8) is 0 Å². The molecule has 1 aromatic heterocycles. The van der Waals surface area contributed by atoms with Crippen molar-refractivity contribution in [3.05, 3.63) is 41.1 Å². The molecular weight excluding hydrogens is 236 g/mol. The van der Waals surface area contributed by atoms with Gasteiger partial charge < -0.3 is 5.73 Å². The van der Waals surface area contributed by atoms with Gasteiger partial charge in [-0.15, -0.1) is 0 Å². The number of nitrogens with zero attached hydrogens (tertiary/aromatic N) is 2. The van der Waals surface area contributed by atoms with E-state index in [1.165, 1.54) is 16.8 Å². The number of hydrogen-bond donors (Lipinski definition) is 1. The maximum absolute atomic E-state index is 13.8. The number of fused-ring (bicyclic) bond motifs is 1. The molecule has 1 aliphatic carbocycles. The van der Waals surface area contributed by atoms with Crippen molar-refractivity contribution in [2.45, 2.75) is 25.7 Å². The quantitative estimate of drug-likeness (QED) is 0.844. The monoisotopic (exact) mass is 249 g/mol. The Kier molecular flexibility index (Phi) is 2.54. The molecule has 3 nitrogen and oxygen atoms in total. The predicted octanol–water partition coefficient (Wildman–Crippen LogP) is 2.61. The SMILES string of the molecule is Nc1nn(-c2ccc(F)cc2F)c2c1CCCC2. The van der Waals surface area contributed by atoms with Gasteiger partial charge in [-0.05, 0) is 37.8 Å². The molecular formula is C13H13F2N3. The summed E-state index contributed by atoms with van der Waals surface area (Å²) in [6.07, 6.45) is 3.83. The van der Waals surface area contributed by atoms with Crippen molar-refractivity contribution < 1.29 is 8.78 Å². The summed E-state index contributed by atoms with van der Waals surface area (Å²) in [5, 5.41) is 4.18. The van der Waals surface area contributed by atoms with Gasteiger partial charge in [-0.2, -0.15) is 5.10 Å². The molecule has 0 unspecified atom stereocenters. The normalized spacial score (nSPS) is 14.6. The minimum Gasteiger partial charge on any atom is -0.382 e. The minimum absolute atomic E-state index is 0.256. The van der Waals surface area contributed by atoms with E-state index in [0.29, 0.717) is 5.82 Å². The van der Waals surface area contributed by atoms with Gasteiger partial charge >= 0.3 is 0 Å². The zero-order valence-corrected chi connectivity index (χ0v) is 9.79. The lowest BCUT2D eigenvalue weighted by molar-refractivity contribution is 0.568. The molecule has 0 bridgehead atoms. The van der Waals surface area contributed by atoms with Crippen LogP contribution in [0.15, 0.2) is 18.2 Å². The Labute approximate surface area is 103 Å². The third-order valence-corrected chi connectivity index (χ3v) is 3.35. The molecule has 0 fully saturated rings. The molecule has 1 aliphatic rings. The van der Waals surface area contributed by atoms with E-state index in [2.05, 4.69) is 5.10 Å². The highest BCUT2D eigenvalue weighted by Crippen LogP contribution is 2.28. The highest BCUT2D eigenvalue weighted by atomic mass is 19.1. The Hall–Kier alpha value is -1.91. The molecule has 2 aromatic rings. The number of nitrogens with two attached hydrogens (primary N) is 1. The summed E-state index contributed by atoms with van der Waals surface area (Å²) in [5.74, 6) is -0.760. The van der Waals surface area contributed by atoms with Crippen LogP contribution in [0.25, 0.3) is 5.69 Å². The molecule has 0 saturated heterocycles. The molecule has 0 aliphatic heterocycles. The second-order valence-corrected chi connectivity index (χ2v) is 4.53. The van der Waals surface area contributed by atoms with Crippen molar-refractivity contribution >= 4 is 5.82 Å². The summed E-state index contributed by atoms with van der Waals surface area (Å²) < 4.78 is 28.2. The van der Waals surface area contributed by atoms with Crippen molar-refractivity contribution in [2.24, 2.45) is 0 Å². The van der Waals surface area contributed by atoms with E-state index >= 15 is 0 Å². The van der Waals surface area contributed by atoms with Gasteiger partial charge in [0.05, 0.1) is 0 Å². The van der Waals surface area contributed by atoms with Crippen molar-refractivity contribution in [3.8, 4) is 5.69 Å². The maximum atomic E-state index is 13.8. The first-order valence-electron chi connectivity index (χ1n) is 5.98. The first kappa shape index (κ1) is 11.2. The average Bonchev–Trinajstić information content (AvgIpc) is 2.68. The third kappa shape index (κ3) is 1.66. The fraction of sp³-hybridized carbons (Fsp3) is 0.308. The van der Waals surface area contributed by atoms with E-state index in [4.69, 9.17) is 5.73 Å². The molecule has 0 radical (unpaired) electrons. The second kappa shape index (κ2) is 4.08. The van der Waals surface area contributed by atoms with Crippen LogP contribution in [0.2, 0.25) is 0 Å².